The van der Waals surface area contributed by atoms with Crippen LogP contribution in [0.15, 0.2) is 23.7 Å². The van der Waals surface area contributed by atoms with Crippen LogP contribution < -0.4 is 0 Å². The Bertz CT molecular complexity index is 644. The first-order valence-corrected chi connectivity index (χ1v) is 9.44. The van der Waals surface area contributed by atoms with Crippen molar-refractivity contribution < 1.29 is 4.79 Å². The summed E-state index contributed by atoms with van der Waals surface area (Å²) in [5.74, 6) is 0.721. The van der Waals surface area contributed by atoms with Gasteiger partial charge in [0, 0.05) is 31.1 Å². The number of thiophene rings is 1. The molecule has 0 aliphatic carbocycles. The molecule has 1 aliphatic rings. The summed E-state index contributed by atoms with van der Waals surface area (Å²) in [5.41, 5.74) is 0.446. The van der Waals surface area contributed by atoms with Gasteiger partial charge >= 0.3 is 0 Å². The molecule has 0 aromatic carbocycles. The fraction of sp³-hybridized carbons (Fsp3) is 0.588. The maximum Gasteiger partial charge on any atom is 0.276 e. The van der Waals surface area contributed by atoms with E-state index in [1.165, 1.54) is 11.3 Å². The van der Waals surface area contributed by atoms with E-state index in [4.69, 9.17) is 0 Å². The van der Waals surface area contributed by atoms with Crippen molar-refractivity contribution in [1.29, 1.82) is 0 Å². The predicted octanol–water partition coefficient (Wildman–Crippen LogP) is 2.19. The lowest BCUT2D eigenvalue weighted by Crippen LogP contribution is -2.49. The standard InChI is InChI=1S/C17H25N5OS/c1-14(2)5-6-20-7-9-21(10-8-20)17(23)16-13-22(19-18-16)12-15-4-3-11-24-15/h3-4,11,13-14H,5-10,12H2,1-2H3. The van der Waals surface area contributed by atoms with Crippen molar-refractivity contribution in [1.82, 2.24) is 24.8 Å². The molecule has 24 heavy (non-hydrogen) atoms. The number of piperazine rings is 1. The highest BCUT2D eigenvalue weighted by Crippen LogP contribution is 2.12. The molecular formula is C17H25N5OS. The average molecular weight is 347 g/mol. The van der Waals surface area contributed by atoms with Crippen molar-refractivity contribution in [3.63, 3.8) is 0 Å². The quantitative estimate of drug-likeness (QED) is 0.804. The molecule has 1 saturated heterocycles. The lowest BCUT2D eigenvalue weighted by atomic mass is 10.1. The molecule has 0 N–H and O–H groups in total. The first-order chi connectivity index (χ1) is 11.6. The van der Waals surface area contributed by atoms with Crippen molar-refractivity contribution in [2.45, 2.75) is 26.8 Å². The SMILES string of the molecule is CC(C)CCN1CCN(C(=O)c2cn(Cc3cccs3)nn2)CC1. The molecule has 3 rings (SSSR count). The Morgan fingerprint density at radius 2 is 2.08 bits per heavy atom. The number of nitrogens with zero attached hydrogens (tertiary/aromatic N) is 5. The van der Waals surface area contributed by atoms with E-state index in [1.807, 2.05) is 16.3 Å². The Labute approximate surface area is 147 Å². The molecular weight excluding hydrogens is 322 g/mol. The maximum absolute atomic E-state index is 12.6. The van der Waals surface area contributed by atoms with Crippen LogP contribution in [0.3, 0.4) is 0 Å². The molecule has 0 saturated carbocycles. The maximum atomic E-state index is 12.6. The van der Waals surface area contributed by atoms with Gasteiger partial charge in [-0.1, -0.05) is 25.1 Å². The first-order valence-electron chi connectivity index (χ1n) is 8.56. The van der Waals surface area contributed by atoms with Crippen LogP contribution in [-0.2, 0) is 6.54 Å². The van der Waals surface area contributed by atoms with Gasteiger partial charge in [0.15, 0.2) is 5.69 Å². The normalized spacial score (nSPS) is 16.0. The minimum absolute atomic E-state index is 0.00376. The van der Waals surface area contributed by atoms with E-state index in [0.717, 1.165) is 38.6 Å². The van der Waals surface area contributed by atoms with Crippen LogP contribution in [0, 0.1) is 5.92 Å². The van der Waals surface area contributed by atoms with Gasteiger partial charge in [-0.2, -0.15) is 0 Å². The van der Waals surface area contributed by atoms with Gasteiger partial charge in [-0.25, -0.2) is 4.68 Å². The van der Waals surface area contributed by atoms with Crippen LogP contribution >= 0.6 is 11.3 Å². The zero-order chi connectivity index (χ0) is 16.9. The second-order valence-corrected chi connectivity index (χ2v) is 7.73. The smallest absolute Gasteiger partial charge is 0.276 e. The van der Waals surface area contributed by atoms with Crippen molar-refractivity contribution in [3.05, 3.63) is 34.3 Å². The molecule has 0 bridgehead atoms. The summed E-state index contributed by atoms with van der Waals surface area (Å²) in [6.07, 6.45) is 2.97. The Morgan fingerprint density at radius 1 is 1.29 bits per heavy atom. The first kappa shape index (κ1) is 17.1. The zero-order valence-corrected chi connectivity index (χ0v) is 15.2. The molecule has 0 unspecified atom stereocenters. The van der Waals surface area contributed by atoms with Gasteiger partial charge in [0.25, 0.3) is 5.91 Å². The summed E-state index contributed by atoms with van der Waals surface area (Å²) in [6.45, 7) is 9.73. The fourth-order valence-electron chi connectivity index (χ4n) is 2.81. The second kappa shape index (κ2) is 7.90. The highest BCUT2D eigenvalue weighted by atomic mass is 32.1. The Morgan fingerprint density at radius 3 is 2.75 bits per heavy atom. The van der Waals surface area contributed by atoms with E-state index >= 15 is 0 Å². The summed E-state index contributed by atoms with van der Waals surface area (Å²) in [5, 5.41) is 10.2. The monoisotopic (exact) mass is 347 g/mol. The van der Waals surface area contributed by atoms with Crippen molar-refractivity contribution >= 4 is 17.2 Å². The molecule has 0 radical (unpaired) electrons. The van der Waals surface area contributed by atoms with E-state index in [9.17, 15) is 4.79 Å². The number of rotatable bonds is 6. The van der Waals surface area contributed by atoms with Crippen LogP contribution in [0.1, 0.15) is 35.6 Å². The topological polar surface area (TPSA) is 54.3 Å². The molecule has 0 atom stereocenters. The van der Waals surface area contributed by atoms with Gasteiger partial charge in [-0.15, -0.1) is 16.4 Å². The molecule has 2 aromatic heterocycles. The van der Waals surface area contributed by atoms with Gasteiger partial charge in [0.1, 0.15) is 0 Å². The molecule has 1 fully saturated rings. The zero-order valence-electron chi connectivity index (χ0n) is 14.4. The third-order valence-electron chi connectivity index (χ3n) is 4.34. The Balaban J connectivity index is 1.51. The van der Waals surface area contributed by atoms with Crippen LogP contribution in [-0.4, -0.2) is 63.4 Å². The summed E-state index contributed by atoms with van der Waals surface area (Å²) in [7, 11) is 0. The third kappa shape index (κ3) is 4.42. The largest absolute Gasteiger partial charge is 0.335 e. The number of amides is 1. The molecule has 2 aromatic rings. The van der Waals surface area contributed by atoms with E-state index in [-0.39, 0.29) is 5.91 Å². The van der Waals surface area contributed by atoms with Crippen molar-refractivity contribution in [2.75, 3.05) is 32.7 Å². The van der Waals surface area contributed by atoms with Gasteiger partial charge in [-0.05, 0) is 30.3 Å². The number of carbonyl (C=O) groups excluding carboxylic acids is 1. The van der Waals surface area contributed by atoms with Crippen LogP contribution in [0.4, 0.5) is 0 Å². The van der Waals surface area contributed by atoms with Crippen molar-refractivity contribution in [2.24, 2.45) is 5.92 Å². The summed E-state index contributed by atoms with van der Waals surface area (Å²) in [4.78, 5) is 18.1. The van der Waals surface area contributed by atoms with Gasteiger partial charge in [0.05, 0.1) is 12.7 Å². The molecule has 0 spiro atoms. The van der Waals surface area contributed by atoms with Crippen LogP contribution in [0.2, 0.25) is 0 Å². The number of hydrogen-bond donors (Lipinski definition) is 0. The highest BCUT2D eigenvalue weighted by molar-refractivity contribution is 7.09. The minimum Gasteiger partial charge on any atom is -0.335 e. The molecule has 6 nitrogen and oxygen atoms in total. The number of carbonyl (C=O) groups is 1. The summed E-state index contributed by atoms with van der Waals surface area (Å²) in [6, 6.07) is 4.08. The number of hydrogen-bond acceptors (Lipinski definition) is 5. The highest BCUT2D eigenvalue weighted by Gasteiger charge is 2.24. The van der Waals surface area contributed by atoms with E-state index in [1.54, 1.807) is 22.2 Å². The lowest BCUT2D eigenvalue weighted by Gasteiger charge is -2.34. The Hall–Kier alpha value is -1.73. The molecule has 1 aliphatic heterocycles. The minimum atomic E-state index is -0.00376. The molecule has 1 amide bonds. The van der Waals surface area contributed by atoms with E-state index in [2.05, 4.69) is 35.1 Å². The van der Waals surface area contributed by atoms with Crippen LogP contribution in [0.25, 0.3) is 0 Å². The van der Waals surface area contributed by atoms with Gasteiger partial charge in [-0.3, -0.25) is 9.69 Å². The predicted molar refractivity (Wildman–Crippen MR) is 95.2 cm³/mol. The third-order valence-corrected chi connectivity index (χ3v) is 5.20. The van der Waals surface area contributed by atoms with Crippen LogP contribution in [0.5, 0.6) is 0 Å². The van der Waals surface area contributed by atoms with Crippen molar-refractivity contribution in [3.8, 4) is 0 Å². The second-order valence-electron chi connectivity index (χ2n) is 6.70. The summed E-state index contributed by atoms with van der Waals surface area (Å²) < 4.78 is 1.73. The van der Waals surface area contributed by atoms with E-state index < -0.39 is 0 Å². The molecule has 7 heteroatoms. The molecule has 130 valence electrons. The number of aromatic nitrogens is 3. The van der Waals surface area contributed by atoms with Gasteiger partial charge < -0.3 is 4.90 Å². The summed E-state index contributed by atoms with van der Waals surface area (Å²) >= 11 is 1.68. The van der Waals surface area contributed by atoms with Gasteiger partial charge in [0.2, 0.25) is 0 Å². The Kier molecular flexibility index (Phi) is 5.63. The fourth-order valence-corrected chi connectivity index (χ4v) is 3.51. The average Bonchev–Trinajstić information content (AvgIpc) is 3.25. The van der Waals surface area contributed by atoms with E-state index in [0.29, 0.717) is 12.2 Å². The lowest BCUT2D eigenvalue weighted by molar-refractivity contribution is 0.0626. The molecule has 3 heterocycles.